The van der Waals surface area contributed by atoms with E-state index in [1.54, 1.807) is 44.7 Å². The number of anilines is 1. The number of ether oxygens (including phenoxy) is 2. The molecule has 0 aliphatic heterocycles. The van der Waals surface area contributed by atoms with Gasteiger partial charge < -0.3 is 23.9 Å². The van der Waals surface area contributed by atoms with Crippen molar-refractivity contribution in [3.05, 3.63) is 70.3 Å². The lowest BCUT2D eigenvalue weighted by atomic mass is 10.2. The summed E-state index contributed by atoms with van der Waals surface area (Å²) in [6.07, 6.45) is 2.94. The molecule has 0 aliphatic rings. The maximum atomic E-state index is 12.6. The SMILES string of the molecule is COc1cc(Cn2cccc(C(=O)Nc3ccon3)c2=O)cc(OC)c1. The first kappa shape index (κ1) is 17.3. The van der Waals surface area contributed by atoms with Gasteiger partial charge >= 0.3 is 0 Å². The Morgan fingerprint density at radius 3 is 2.54 bits per heavy atom. The second-order valence-corrected chi connectivity index (χ2v) is 5.41. The van der Waals surface area contributed by atoms with Gasteiger partial charge in [0, 0.05) is 18.3 Å². The number of amides is 1. The van der Waals surface area contributed by atoms with Crippen molar-refractivity contribution in [3.8, 4) is 11.5 Å². The Hall–Kier alpha value is -3.55. The molecule has 26 heavy (non-hydrogen) atoms. The highest BCUT2D eigenvalue weighted by Crippen LogP contribution is 2.22. The van der Waals surface area contributed by atoms with E-state index in [-0.39, 0.29) is 17.9 Å². The lowest BCUT2D eigenvalue weighted by molar-refractivity contribution is 0.102. The van der Waals surface area contributed by atoms with Gasteiger partial charge in [0.25, 0.3) is 11.5 Å². The van der Waals surface area contributed by atoms with E-state index in [4.69, 9.17) is 9.47 Å². The molecule has 3 aromatic rings. The summed E-state index contributed by atoms with van der Waals surface area (Å²) in [6.45, 7) is 0.261. The fraction of sp³-hybridized carbons (Fsp3) is 0.167. The van der Waals surface area contributed by atoms with Crippen LogP contribution in [0.5, 0.6) is 11.5 Å². The summed E-state index contributed by atoms with van der Waals surface area (Å²) in [5.41, 5.74) is 0.387. The van der Waals surface area contributed by atoms with Crippen molar-refractivity contribution in [1.29, 1.82) is 0 Å². The summed E-state index contributed by atoms with van der Waals surface area (Å²) < 4.78 is 16.6. The van der Waals surface area contributed by atoms with Crippen LogP contribution in [0.2, 0.25) is 0 Å². The van der Waals surface area contributed by atoms with Crippen molar-refractivity contribution in [3.63, 3.8) is 0 Å². The molecule has 0 unspecified atom stereocenters. The van der Waals surface area contributed by atoms with Crippen LogP contribution in [0.15, 0.2) is 58.2 Å². The zero-order valence-electron chi connectivity index (χ0n) is 14.3. The first-order valence-electron chi connectivity index (χ1n) is 7.74. The standard InChI is InChI=1S/C18H17N3O5/c1-24-13-8-12(9-14(10-13)25-2)11-21-6-3-4-15(18(21)23)17(22)19-16-5-7-26-20-16/h3-10H,11H2,1-2H3,(H,19,20,22). The lowest BCUT2D eigenvalue weighted by Gasteiger charge is -2.11. The van der Waals surface area contributed by atoms with Gasteiger partial charge in [0.1, 0.15) is 23.3 Å². The second-order valence-electron chi connectivity index (χ2n) is 5.41. The molecular formula is C18H17N3O5. The smallest absolute Gasteiger partial charge is 0.263 e. The van der Waals surface area contributed by atoms with E-state index in [0.717, 1.165) is 5.56 Å². The zero-order chi connectivity index (χ0) is 18.5. The monoisotopic (exact) mass is 355 g/mol. The Morgan fingerprint density at radius 1 is 1.19 bits per heavy atom. The molecule has 1 amide bonds. The van der Waals surface area contributed by atoms with Crippen molar-refractivity contribution >= 4 is 11.7 Å². The molecule has 0 spiro atoms. The van der Waals surface area contributed by atoms with Gasteiger partial charge in [-0.2, -0.15) is 0 Å². The molecule has 0 radical (unpaired) electrons. The lowest BCUT2D eigenvalue weighted by Crippen LogP contribution is -2.29. The van der Waals surface area contributed by atoms with Crippen molar-refractivity contribution < 1.29 is 18.8 Å². The highest BCUT2D eigenvalue weighted by Gasteiger charge is 2.14. The predicted octanol–water partition coefficient (Wildman–Crippen LogP) is 2.15. The molecule has 8 heteroatoms. The van der Waals surface area contributed by atoms with E-state index in [1.807, 2.05) is 0 Å². The van der Waals surface area contributed by atoms with Gasteiger partial charge in [0.2, 0.25) is 0 Å². The van der Waals surface area contributed by atoms with Crippen LogP contribution in [0.25, 0.3) is 0 Å². The molecule has 1 aromatic carbocycles. The van der Waals surface area contributed by atoms with Gasteiger partial charge in [-0.3, -0.25) is 9.59 Å². The van der Waals surface area contributed by atoms with Gasteiger partial charge in [-0.15, -0.1) is 0 Å². The molecule has 2 aromatic heterocycles. The highest BCUT2D eigenvalue weighted by atomic mass is 16.5. The van der Waals surface area contributed by atoms with E-state index in [2.05, 4.69) is 15.0 Å². The first-order valence-corrected chi connectivity index (χ1v) is 7.74. The first-order chi connectivity index (χ1) is 12.6. The number of hydrogen-bond acceptors (Lipinski definition) is 6. The van der Waals surface area contributed by atoms with Crippen LogP contribution >= 0.6 is 0 Å². The van der Waals surface area contributed by atoms with Crippen LogP contribution in [-0.4, -0.2) is 29.9 Å². The molecule has 134 valence electrons. The minimum absolute atomic E-state index is 0.00496. The van der Waals surface area contributed by atoms with Crippen molar-refractivity contribution in [2.45, 2.75) is 6.54 Å². The summed E-state index contributed by atoms with van der Waals surface area (Å²) in [5, 5.41) is 6.11. The van der Waals surface area contributed by atoms with Gasteiger partial charge in [-0.05, 0) is 29.8 Å². The molecule has 0 bridgehead atoms. The molecule has 8 nitrogen and oxygen atoms in total. The second kappa shape index (κ2) is 7.56. The summed E-state index contributed by atoms with van der Waals surface area (Å²) in [6, 6.07) is 9.93. The molecular weight excluding hydrogens is 338 g/mol. The molecule has 0 atom stereocenters. The number of carbonyl (C=O) groups excluding carboxylic acids is 1. The van der Waals surface area contributed by atoms with E-state index in [0.29, 0.717) is 11.5 Å². The van der Waals surface area contributed by atoms with E-state index < -0.39 is 11.5 Å². The Kier molecular flexibility index (Phi) is 5.02. The molecule has 0 aliphatic carbocycles. The van der Waals surface area contributed by atoms with Gasteiger partial charge in [0.15, 0.2) is 5.82 Å². The molecule has 0 fully saturated rings. The van der Waals surface area contributed by atoms with Gasteiger partial charge in [0.05, 0.1) is 20.8 Å². The third-order valence-electron chi connectivity index (χ3n) is 3.71. The number of rotatable bonds is 6. The number of carbonyl (C=O) groups is 1. The van der Waals surface area contributed by atoms with Crippen molar-refractivity contribution in [2.24, 2.45) is 0 Å². The summed E-state index contributed by atoms with van der Waals surface area (Å²) in [7, 11) is 3.11. The third-order valence-corrected chi connectivity index (χ3v) is 3.71. The van der Waals surface area contributed by atoms with E-state index in [9.17, 15) is 9.59 Å². The number of hydrogen-bond donors (Lipinski definition) is 1. The van der Waals surface area contributed by atoms with Crippen LogP contribution in [-0.2, 0) is 6.54 Å². The summed E-state index contributed by atoms with van der Waals surface area (Å²) >= 11 is 0. The third kappa shape index (κ3) is 3.75. The Morgan fingerprint density at radius 2 is 1.92 bits per heavy atom. The van der Waals surface area contributed by atoms with Crippen LogP contribution in [0.3, 0.4) is 0 Å². The number of pyridine rings is 1. The van der Waals surface area contributed by atoms with Gasteiger partial charge in [-0.25, -0.2) is 0 Å². The quantitative estimate of drug-likeness (QED) is 0.728. The highest BCUT2D eigenvalue weighted by molar-refractivity contribution is 6.03. The normalized spacial score (nSPS) is 10.4. The van der Waals surface area contributed by atoms with Gasteiger partial charge in [-0.1, -0.05) is 5.16 Å². The number of benzene rings is 1. The zero-order valence-corrected chi connectivity index (χ0v) is 14.3. The fourth-order valence-corrected chi connectivity index (χ4v) is 2.45. The van der Waals surface area contributed by atoms with Crippen LogP contribution in [0.1, 0.15) is 15.9 Å². The largest absolute Gasteiger partial charge is 0.497 e. The number of nitrogens with zero attached hydrogens (tertiary/aromatic N) is 2. The molecule has 3 rings (SSSR count). The minimum atomic E-state index is -0.554. The number of aromatic nitrogens is 2. The minimum Gasteiger partial charge on any atom is -0.497 e. The molecule has 1 N–H and O–H groups in total. The predicted molar refractivity (Wildman–Crippen MR) is 93.8 cm³/mol. The van der Waals surface area contributed by atoms with E-state index >= 15 is 0 Å². The van der Waals surface area contributed by atoms with Crippen LogP contribution < -0.4 is 20.3 Å². The summed E-state index contributed by atoms with van der Waals surface area (Å²) in [5.74, 6) is 0.920. The maximum Gasteiger partial charge on any atom is 0.263 e. The van der Waals surface area contributed by atoms with Crippen molar-refractivity contribution in [2.75, 3.05) is 19.5 Å². The Bertz CT molecular complexity index is 941. The average Bonchev–Trinajstić information content (AvgIpc) is 3.16. The fourth-order valence-electron chi connectivity index (χ4n) is 2.45. The van der Waals surface area contributed by atoms with Crippen LogP contribution in [0.4, 0.5) is 5.82 Å². The molecule has 0 saturated carbocycles. The Labute approximate surface area is 149 Å². The summed E-state index contributed by atoms with van der Waals surface area (Å²) in [4.78, 5) is 24.9. The molecule has 2 heterocycles. The maximum absolute atomic E-state index is 12.6. The number of nitrogens with one attached hydrogen (secondary N) is 1. The average molecular weight is 355 g/mol. The van der Waals surface area contributed by atoms with Crippen molar-refractivity contribution in [1.82, 2.24) is 9.72 Å². The number of methoxy groups -OCH3 is 2. The Balaban J connectivity index is 1.88. The topological polar surface area (TPSA) is 95.6 Å². The van der Waals surface area contributed by atoms with Crippen LogP contribution in [0, 0.1) is 0 Å². The van der Waals surface area contributed by atoms with E-state index in [1.165, 1.54) is 23.0 Å². The molecule has 0 saturated heterocycles.